The highest BCUT2D eigenvalue weighted by Gasteiger charge is 2.31. The van der Waals surface area contributed by atoms with Gasteiger partial charge in [0.05, 0.1) is 35.3 Å². The number of halogens is 1. The second-order valence-electron chi connectivity index (χ2n) is 9.59. The number of nitrogens with one attached hydrogen (secondary N) is 1. The van der Waals surface area contributed by atoms with Crippen molar-refractivity contribution in [3.8, 4) is 22.4 Å². The molecule has 2 unspecified atom stereocenters. The maximum atomic E-state index is 14.0. The Morgan fingerprint density at radius 1 is 0.897 bits per heavy atom. The van der Waals surface area contributed by atoms with Crippen molar-refractivity contribution in [1.29, 1.82) is 0 Å². The van der Waals surface area contributed by atoms with Crippen LogP contribution in [0.2, 0.25) is 0 Å². The molecule has 8 heteroatoms. The average molecular weight is 531 g/mol. The van der Waals surface area contributed by atoms with Gasteiger partial charge in [0.25, 0.3) is 5.91 Å². The van der Waals surface area contributed by atoms with E-state index >= 15 is 0 Å². The lowest BCUT2D eigenvalue weighted by atomic mass is 9.96. The summed E-state index contributed by atoms with van der Waals surface area (Å²) in [5, 5.41) is 23.7. The van der Waals surface area contributed by atoms with Crippen molar-refractivity contribution in [2.75, 3.05) is 5.32 Å². The summed E-state index contributed by atoms with van der Waals surface area (Å²) in [6, 6.07) is 24.5. The van der Waals surface area contributed by atoms with Crippen LogP contribution in [0.15, 0.2) is 84.9 Å². The molecular formula is C31H35FN4O3. The van der Waals surface area contributed by atoms with Gasteiger partial charge in [-0.3, -0.25) is 4.79 Å². The van der Waals surface area contributed by atoms with E-state index in [1.54, 1.807) is 24.3 Å². The highest BCUT2D eigenvalue weighted by atomic mass is 19.1. The number of hydrogen-bond donors (Lipinski definition) is 5. The molecule has 2 atom stereocenters. The Morgan fingerprint density at radius 2 is 1.51 bits per heavy atom. The fourth-order valence-corrected chi connectivity index (χ4v) is 4.83. The van der Waals surface area contributed by atoms with Crippen LogP contribution in [0, 0.1) is 5.82 Å². The number of rotatable bonds is 11. The van der Waals surface area contributed by atoms with Gasteiger partial charge in [-0.25, -0.2) is 4.39 Å². The number of nitrogens with two attached hydrogens (primary N) is 2. The van der Waals surface area contributed by atoms with Gasteiger partial charge in [-0.05, 0) is 66.8 Å². The molecule has 7 N–H and O–H groups in total. The lowest BCUT2D eigenvalue weighted by molar-refractivity contribution is 0.0711. The molecule has 7 nitrogen and oxygen atoms in total. The van der Waals surface area contributed by atoms with Crippen molar-refractivity contribution in [3.63, 3.8) is 0 Å². The Morgan fingerprint density at radius 3 is 2.10 bits per heavy atom. The van der Waals surface area contributed by atoms with Gasteiger partial charge in [0, 0.05) is 17.8 Å². The highest BCUT2D eigenvalue weighted by molar-refractivity contribution is 6.12. The maximum Gasteiger partial charge on any atom is 0.258 e. The van der Waals surface area contributed by atoms with E-state index in [0.29, 0.717) is 40.2 Å². The van der Waals surface area contributed by atoms with E-state index in [1.165, 1.54) is 12.1 Å². The average Bonchev–Trinajstić information content (AvgIpc) is 3.29. The summed E-state index contributed by atoms with van der Waals surface area (Å²) in [6.07, 6.45) is -1.40. The Balaban J connectivity index is 1.94. The van der Waals surface area contributed by atoms with E-state index < -0.39 is 18.4 Å². The van der Waals surface area contributed by atoms with Crippen molar-refractivity contribution >= 4 is 11.6 Å². The number of aliphatic hydroxyl groups excluding tert-OH is 2. The van der Waals surface area contributed by atoms with E-state index in [1.807, 2.05) is 60.0 Å². The maximum absolute atomic E-state index is 14.0. The molecule has 3 aromatic carbocycles. The van der Waals surface area contributed by atoms with Crippen LogP contribution < -0.4 is 16.8 Å². The van der Waals surface area contributed by atoms with Crippen molar-refractivity contribution in [3.05, 3.63) is 102 Å². The van der Waals surface area contributed by atoms with Gasteiger partial charge < -0.3 is 31.6 Å². The number of hydrogen-bond acceptors (Lipinski definition) is 5. The lowest BCUT2D eigenvalue weighted by Crippen LogP contribution is -2.28. The number of carbonyl (C=O) groups is 1. The molecule has 1 amide bonds. The molecule has 0 saturated heterocycles. The molecule has 0 aliphatic heterocycles. The first kappa shape index (κ1) is 28.2. The van der Waals surface area contributed by atoms with Gasteiger partial charge in [-0.15, -0.1) is 0 Å². The van der Waals surface area contributed by atoms with Gasteiger partial charge in [0.15, 0.2) is 0 Å². The number of para-hydroxylation sites is 1. The lowest BCUT2D eigenvalue weighted by Gasteiger charge is -2.20. The summed E-state index contributed by atoms with van der Waals surface area (Å²) in [5.41, 5.74) is 16.6. The van der Waals surface area contributed by atoms with Crippen LogP contribution in [0.5, 0.6) is 0 Å². The first-order valence-electron chi connectivity index (χ1n) is 13.1. The van der Waals surface area contributed by atoms with Crippen LogP contribution in [-0.2, 0) is 6.54 Å². The monoisotopic (exact) mass is 530 g/mol. The van der Waals surface area contributed by atoms with Crippen LogP contribution in [-0.4, -0.2) is 32.9 Å². The van der Waals surface area contributed by atoms with Gasteiger partial charge in [-0.2, -0.15) is 0 Å². The first-order valence-corrected chi connectivity index (χ1v) is 13.1. The zero-order valence-corrected chi connectivity index (χ0v) is 21.9. The summed E-state index contributed by atoms with van der Waals surface area (Å²) >= 11 is 0. The second kappa shape index (κ2) is 12.8. The molecule has 4 aromatic rings. The number of aliphatic hydroxyl groups is 2. The first-order chi connectivity index (χ1) is 18.8. The third-order valence-electron chi connectivity index (χ3n) is 6.76. The van der Waals surface area contributed by atoms with Crippen molar-refractivity contribution in [1.82, 2.24) is 4.57 Å². The number of amides is 1. The van der Waals surface area contributed by atoms with Gasteiger partial charge in [-0.1, -0.05) is 55.5 Å². The summed E-state index contributed by atoms with van der Waals surface area (Å²) in [6.45, 7) is 2.12. The third kappa shape index (κ3) is 6.61. The van der Waals surface area contributed by atoms with E-state index in [2.05, 4.69) is 5.32 Å². The van der Waals surface area contributed by atoms with Gasteiger partial charge >= 0.3 is 0 Å². The highest BCUT2D eigenvalue weighted by Crippen LogP contribution is 2.41. The standard InChI is InChI=1S/C31H35FN4O3/c1-2-24(37)19-25(38)17-18-36-28(21-13-15-22(32)16-14-21)26(20-9-5-3-6-10-20)27(29(36)30(33)34)31(39)35-23-11-7-4-8-12-23/h3-16,24-25,30,37-38H,2,17-19,33-34H2,1H3,(H,35,39). The molecule has 1 heterocycles. The van der Waals surface area contributed by atoms with E-state index in [0.717, 1.165) is 5.56 Å². The van der Waals surface area contributed by atoms with E-state index in [-0.39, 0.29) is 31.1 Å². The molecule has 0 radical (unpaired) electrons. The number of aromatic nitrogens is 1. The van der Waals surface area contributed by atoms with Crippen LogP contribution in [0.1, 0.15) is 48.4 Å². The Hall–Kier alpha value is -3.82. The van der Waals surface area contributed by atoms with Crippen molar-refractivity contribution < 1.29 is 19.4 Å². The van der Waals surface area contributed by atoms with Crippen molar-refractivity contribution in [2.24, 2.45) is 11.5 Å². The van der Waals surface area contributed by atoms with E-state index in [9.17, 15) is 19.4 Å². The molecule has 0 spiro atoms. The topological polar surface area (TPSA) is 127 Å². The normalized spacial score (nSPS) is 12.9. The Labute approximate surface area is 227 Å². The fourth-order valence-electron chi connectivity index (χ4n) is 4.83. The molecule has 0 aliphatic carbocycles. The minimum atomic E-state index is -1.03. The molecule has 0 fully saturated rings. The zero-order chi connectivity index (χ0) is 27.9. The van der Waals surface area contributed by atoms with Gasteiger partial charge in [0.2, 0.25) is 0 Å². The largest absolute Gasteiger partial charge is 0.393 e. The molecule has 0 saturated carbocycles. The molecule has 39 heavy (non-hydrogen) atoms. The molecule has 0 bridgehead atoms. The number of carbonyl (C=O) groups excluding carboxylic acids is 1. The van der Waals surface area contributed by atoms with Crippen LogP contribution in [0.3, 0.4) is 0 Å². The van der Waals surface area contributed by atoms with E-state index in [4.69, 9.17) is 11.5 Å². The predicted octanol–water partition coefficient (Wildman–Crippen LogP) is 5.04. The number of benzene rings is 3. The minimum absolute atomic E-state index is 0.223. The molecule has 4 rings (SSSR count). The smallest absolute Gasteiger partial charge is 0.258 e. The molecule has 204 valence electrons. The minimum Gasteiger partial charge on any atom is -0.393 e. The summed E-state index contributed by atoms with van der Waals surface area (Å²) in [5.74, 6) is -0.778. The SMILES string of the molecule is CCC(O)CC(O)CCn1c(-c2ccc(F)cc2)c(-c2ccccc2)c(C(=O)Nc2ccccc2)c1C(N)N. The number of anilines is 1. The second-order valence-corrected chi connectivity index (χ2v) is 9.59. The Kier molecular flexibility index (Phi) is 9.27. The van der Waals surface area contributed by atoms with Gasteiger partial charge in [0.1, 0.15) is 5.82 Å². The predicted molar refractivity (Wildman–Crippen MR) is 152 cm³/mol. The zero-order valence-electron chi connectivity index (χ0n) is 21.9. The van der Waals surface area contributed by atoms with Crippen LogP contribution in [0.25, 0.3) is 22.4 Å². The summed E-state index contributed by atoms with van der Waals surface area (Å²) < 4.78 is 15.8. The molecule has 1 aromatic heterocycles. The molecule has 0 aliphatic rings. The van der Waals surface area contributed by atoms with Crippen LogP contribution >= 0.6 is 0 Å². The Bertz CT molecular complexity index is 1370. The molecular weight excluding hydrogens is 495 g/mol. The fraction of sp³-hybridized carbons (Fsp3) is 0.258. The third-order valence-corrected chi connectivity index (χ3v) is 6.76. The van der Waals surface area contributed by atoms with Crippen molar-refractivity contribution in [2.45, 2.75) is 51.1 Å². The quantitative estimate of drug-likeness (QED) is 0.174. The van der Waals surface area contributed by atoms with Crippen LogP contribution in [0.4, 0.5) is 10.1 Å². The number of nitrogens with zero attached hydrogens (tertiary/aromatic N) is 1. The summed E-state index contributed by atoms with van der Waals surface area (Å²) in [7, 11) is 0. The summed E-state index contributed by atoms with van der Waals surface area (Å²) in [4.78, 5) is 13.9.